The number of fused-ring (bicyclic) bond motifs is 1. The Bertz CT molecular complexity index is 1000. The Labute approximate surface area is 154 Å². The third-order valence-corrected chi connectivity index (χ3v) is 4.64. The monoisotopic (exact) mass is 450 g/mol. The van der Waals surface area contributed by atoms with Crippen LogP contribution in [0.2, 0.25) is 0 Å². The number of carbonyl (C=O) groups excluding carboxylic acids is 1. The standard InChI is InChI=1S/C18H12Br2O4/c1-9-14-7-12(19)8-15(20)17(14)24-18(22)16(9)11-3-5-13(6-4-11)23-10(2)21/h3-8H,1-2H3. The molecule has 1 aromatic heterocycles. The third-order valence-electron chi connectivity index (χ3n) is 3.59. The highest BCUT2D eigenvalue weighted by Crippen LogP contribution is 2.33. The largest absolute Gasteiger partial charge is 0.427 e. The first-order valence-electron chi connectivity index (χ1n) is 7.08. The molecule has 3 aromatic rings. The molecule has 4 nitrogen and oxygen atoms in total. The van der Waals surface area contributed by atoms with Crippen LogP contribution in [0, 0.1) is 6.92 Å². The molecule has 0 fully saturated rings. The van der Waals surface area contributed by atoms with E-state index in [1.54, 1.807) is 24.3 Å². The molecule has 6 heteroatoms. The van der Waals surface area contributed by atoms with Crippen molar-refractivity contribution in [2.75, 3.05) is 0 Å². The molecule has 0 aliphatic rings. The molecule has 0 unspecified atom stereocenters. The predicted molar refractivity (Wildman–Crippen MR) is 99.4 cm³/mol. The first kappa shape index (κ1) is 16.9. The van der Waals surface area contributed by atoms with E-state index in [0.717, 1.165) is 15.4 Å². The minimum absolute atomic E-state index is 0.390. The van der Waals surface area contributed by atoms with Gasteiger partial charge >= 0.3 is 11.6 Å². The molecule has 0 amide bonds. The van der Waals surface area contributed by atoms with Crippen molar-refractivity contribution in [2.24, 2.45) is 0 Å². The van der Waals surface area contributed by atoms with Gasteiger partial charge in [0.1, 0.15) is 5.75 Å². The lowest BCUT2D eigenvalue weighted by Crippen LogP contribution is -2.06. The van der Waals surface area contributed by atoms with Crippen LogP contribution in [-0.2, 0) is 4.79 Å². The fourth-order valence-corrected chi connectivity index (χ4v) is 3.87. The van der Waals surface area contributed by atoms with Gasteiger partial charge in [-0.25, -0.2) is 4.79 Å². The van der Waals surface area contributed by atoms with Crippen LogP contribution < -0.4 is 10.4 Å². The zero-order valence-electron chi connectivity index (χ0n) is 12.9. The Morgan fingerprint density at radius 2 is 1.79 bits per heavy atom. The zero-order valence-corrected chi connectivity index (χ0v) is 16.0. The van der Waals surface area contributed by atoms with Crippen LogP contribution in [0.3, 0.4) is 0 Å². The van der Waals surface area contributed by atoms with Gasteiger partial charge in [-0.1, -0.05) is 28.1 Å². The topological polar surface area (TPSA) is 56.5 Å². The first-order chi connectivity index (χ1) is 11.4. The number of esters is 1. The number of rotatable bonds is 2. The van der Waals surface area contributed by atoms with Crippen molar-refractivity contribution < 1.29 is 13.9 Å². The van der Waals surface area contributed by atoms with Gasteiger partial charge in [-0.05, 0) is 58.2 Å². The van der Waals surface area contributed by atoms with E-state index in [-0.39, 0.29) is 5.97 Å². The molecule has 122 valence electrons. The lowest BCUT2D eigenvalue weighted by Gasteiger charge is -2.10. The fourth-order valence-electron chi connectivity index (χ4n) is 2.56. The third kappa shape index (κ3) is 3.16. The molecule has 0 aliphatic heterocycles. The van der Waals surface area contributed by atoms with Crippen LogP contribution in [0.15, 0.2) is 54.6 Å². The van der Waals surface area contributed by atoms with E-state index in [9.17, 15) is 9.59 Å². The maximum absolute atomic E-state index is 12.5. The predicted octanol–water partition coefficient (Wildman–Crippen LogP) is 5.22. The maximum Gasteiger partial charge on any atom is 0.344 e. The first-order valence-corrected chi connectivity index (χ1v) is 8.66. The normalized spacial score (nSPS) is 10.8. The summed E-state index contributed by atoms with van der Waals surface area (Å²) >= 11 is 6.87. The number of benzene rings is 2. The van der Waals surface area contributed by atoms with Gasteiger partial charge in [-0.2, -0.15) is 0 Å². The molecule has 24 heavy (non-hydrogen) atoms. The molecule has 0 N–H and O–H groups in total. The highest BCUT2D eigenvalue weighted by atomic mass is 79.9. The highest BCUT2D eigenvalue weighted by Gasteiger charge is 2.16. The van der Waals surface area contributed by atoms with Gasteiger partial charge < -0.3 is 9.15 Å². The summed E-state index contributed by atoms with van der Waals surface area (Å²) in [7, 11) is 0. The van der Waals surface area contributed by atoms with Crippen LogP contribution in [0.5, 0.6) is 5.75 Å². The lowest BCUT2D eigenvalue weighted by atomic mass is 9.99. The van der Waals surface area contributed by atoms with E-state index >= 15 is 0 Å². The second-order valence-electron chi connectivity index (χ2n) is 5.27. The molecule has 2 aromatic carbocycles. The zero-order chi connectivity index (χ0) is 17.4. The molecule has 0 atom stereocenters. The smallest absolute Gasteiger partial charge is 0.344 e. The molecule has 0 spiro atoms. The van der Waals surface area contributed by atoms with Gasteiger partial charge in [-0.15, -0.1) is 0 Å². The van der Waals surface area contributed by atoms with Gasteiger partial charge in [0.05, 0.1) is 10.0 Å². The molecule has 0 saturated carbocycles. The summed E-state index contributed by atoms with van der Waals surface area (Å²) in [5, 5.41) is 0.843. The Morgan fingerprint density at radius 3 is 2.42 bits per heavy atom. The van der Waals surface area contributed by atoms with Gasteiger partial charge in [0.2, 0.25) is 0 Å². The van der Waals surface area contributed by atoms with E-state index in [1.807, 2.05) is 19.1 Å². The summed E-state index contributed by atoms with van der Waals surface area (Å²) in [6.07, 6.45) is 0. The van der Waals surface area contributed by atoms with E-state index in [1.165, 1.54) is 6.92 Å². The van der Waals surface area contributed by atoms with Crippen molar-refractivity contribution in [3.05, 3.63) is 61.3 Å². The number of carbonyl (C=O) groups is 1. The summed E-state index contributed by atoms with van der Waals surface area (Å²) in [4.78, 5) is 23.5. The minimum atomic E-state index is -0.414. The van der Waals surface area contributed by atoms with Gasteiger partial charge in [0, 0.05) is 16.8 Å². The molecule has 0 aliphatic carbocycles. The molecule has 3 rings (SSSR count). The Kier molecular flexibility index (Phi) is 4.60. The van der Waals surface area contributed by atoms with Crippen molar-refractivity contribution in [3.8, 4) is 16.9 Å². The number of aryl methyl sites for hydroxylation is 1. The molecule has 0 saturated heterocycles. The van der Waals surface area contributed by atoms with Crippen LogP contribution in [-0.4, -0.2) is 5.97 Å². The molecular weight excluding hydrogens is 440 g/mol. The van der Waals surface area contributed by atoms with Gasteiger partial charge in [0.15, 0.2) is 5.58 Å². The molecule has 0 radical (unpaired) electrons. The van der Waals surface area contributed by atoms with Crippen LogP contribution in [0.4, 0.5) is 0 Å². The summed E-state index contributed by atoms with van der Waals surface area (Å²) in [5.41, 5.74) is 2.12. The lowest BCUT2D eigenvalue weighted by molar-refractivity contribution is -0.131. The number of halogens is 2. The Hall–Kier alpha value is -1.92. The van der Waals surface area contributed by atoms with Crippen LogP contribution in [0.1, 0.15) is 12.5 Å². The van der Waals surface area contributed by atoms with Crippen molar-refractivity contribution in [3.63, 3.8) is 0 Å². The quantitative estimate of drug-likeness (QED) is 0.304. The number of hydrogen-bond donors (Lipinski definition) is 0. The molecule has 1 heterocycles. The minimum Gasteiger partial charge on any atom is -0.427 e. The summed E-state index contributed by atoms with van der Waals surface area (Å²) in [6.45, 7) is 3.22. The Balaban J connectivity index is 2.19. The Morgan fingerprint density at radius 1 is 1.12 bits per heavy atom. The fraction of sp³-hybridized carbons (Fsp3) is 0.111. The second-order valence-corrected chi connectivity index (χ2v) is 7.04. The summed E-state index contributed by atoms with van der Waals surface area (Å²) in [6, 6.07) is 10.5. The van der Waals surface area contributed by atoms with Gasteiger partial charge in [-0.3, -0.25) is 4.79 Å². The number of ether oxygens (including phenoxy) is 1. The average Bonchev–Trinajstić information content (AvgIpc) is 2.50. The molecular formula is C18H12Br2O4. The summed E-state index contributed by atoms with van der Waals surface area (Å²) in [5.74, 6) is 0.0402. The van der Waals surface area contributed by atoms with Crippen molar-refractivity contribution in [2.45, 2.75) is 13.8 Å². The number of hydrogen-bond acceptors (Lipinski definition) is 4. The highest BCUT2D eigenvalue weighted by molar-refractivity contribution is 9.11. The average molecular weight is 452 g/mol. The van der Waals surface area contributed by atoms with Crippen LogP contribution >= 0.6 is 31.9 Å². The maximum atomic E-state index is 12.5. The van der Waals surface area contributed by atoms with Crippen molar-refractivity contribution in [1.29, 1.82) is 0 Å². The van der Waals surface area contributed by atoms with E-state index in [4.69, 9.17) is 9.15 Å². The van der Waals surface area contributed by atoms with E-state index in [2.05, 4.69) is 31.9 Å². The van der Waals surface area contributed by atoms with Gasteiger partial charge in [0.25, 0.3) is 0 Å². The second kappa shape index (κ2) is 6.53. The molecule has 0 bridgehead atoms. The van der Waals surface area contributed by atoms with E-state index < -0.39 is 5.63 Å². The SMILES string of the molecule is CC(=O)Oc1ccc(-c2c(C)c3cc(Br)cc(Br)c3oc2=O)cc1. The van der Waals surface area contributed by atoms with Crippen molar-refractivity contribution >= 4 is 48.8 Å². The van der Waals surface area contributed by atoms with Crippen molar-refractivity contribution in [1.82, 2.24) is 0 Å². The van der Waals surface area contributed by atoms with Crippen LogP contribution in [0.25, 0.3) is 22.1 Å². The van der Waals surface area contributed by atoms with E-state index in [0.29, 0.717) is 26.9 Å². The summed E-state index contributed by atoms with van der Waals surface area (Å²) < 4.78 is 12.1.